The van der Waals surface area contributed by atoms with Crippen molar-refractivity contribution in [2.75, 3.05) is 23.6 Å². The number of benzene rings is 1. The Bertz CT molecular complexity index is 458. The van der Waals surface area contributed by atoms with E-state index in [2.05, 4.69) is 17.0 Å². The fourth-order valence-electron chi connectivity index (χ4n) is 1.66. The second kappa shape index (κ2) is 7.38. The summed E-state index contributed by atoms with van der Waals surface area (Å²) in [6.07, 6.45) is 1.82. The second-order valence-electron chi connectivity index (χ2n) is 4.18. The fourth-order valence-corrected chi connectivity index (χ4v) is 2.70. The first-order valence-electron chi connectivity index (χ1n) is 6.38. The number of hydrogen-bond acceptors (Lipinski definition) is 3. The quantitative estimate of drug-likeness (QED) is 0.710. The molecule has 0 bridgehead atoms. The summed E-state index contributed by atoms with van der Waals surface area (Å²) in [5.74, 6) is 0.102. The van der Waals surface area contributed by atoms with Gasteiger partial charge in [-0.25, -0.2) is 8.42 Å². The molecule has 1 aromatic carbocycles. The molecule has 4 nitrogen and oxygen atoms in total. The average Bonchev–Trinajstić information content (AvgIpc) is 2.35. The minimum Gasteiger partial charge on any atom is -0.316 e. The first-order valence-corrected chi connectivity index (χ1v) is 8.03. The number of para-hydroxylation sites is 1. The molecular weight excluding hydrogens is 248 g/mol. The Morgan fingerprint density at radius 1 is 1.11 bits per heavy atom. The lowest BCUT2D eigenvalue weighted by atomic mass is 10.1. The van der Waals surface area contributed by atoms with E-state index in [0.717, 1.165) is 24.9 Å². The van der Waals surface area contributed by atoms with Gasteiger partial charge in [-0.3, -0.25) is 4.72 Å². The lowest BCUT2D eigenvalue weighted by Crippen LogP contribution is -2.27. The van der Waals surface area contributed by atoms with Crippen LogP contribution < -0.4 is 10.0 Å². The molecule has 0 radical (unpaired) electrons. The Hall–Kier alpha value is -1.07. The third kappa shape index (κ3) is 5.06. The zero-order valence-electron chi connectivity index (χ0n) is 11.1. The van der Waals surface area contributed by atoms with Crippen LogP contribution in [0.5, 0.6) is 0 Å². The van der Waals surface area contributed by atoms with Gasteiger partial charge in [0.1, 0.15) is 0 Å². The topological polar surface area (TPSA) is 58.2 Å². The highest BCUT2D eigenvalue weighted by molar-refractivity contribution is 7.92. The van der Waals surface area contributed by atoms with Crippen LogP contribution in [0.2, 0.25) is 0 Å². The first kappa shape index (κ1) is 15.0. The zero-order valence-corrected chi connectivity index (χ0v) is 11.9. The van der Waals surface area contributed by atoms with Crippen molar-refractivity contribution in [1.82, 2.24) is 5.32 Å². The number of anilines is 1. The molecule has 0 aliphatic heterocycles. The highest BCUT2D eigenvalue weighted by Crippen LogP contribution is 2.16. The molecule has 102 valence electrons. The Balaban J connectivity index is 2.59. The number of rotatable bonds is 8. The van der Waals surface area contributed by atoms with Crippen LogP contribution in [-0.2, 0) is 16.4 Å². The Morgan fingerprint density at radius 3 is 2.50 bits per heavy atom. The summed E-state index contributed by atoms with van der Waals surface area (Å²) < 4.78 is 26.4. The van der Waals surface area contributed by atoms with Crippen molar-refractivity contribution in [1.29, 1.82) is 0 Å². The molecule has 0 saturated heterocycles. The van der Waals surface area contributed by atoms with E-state index in [4.69, 9.17) is 0 Å². The molecule has 0 atom stereocenters. The highest BCUT2D eigenvalue weighted by atomic mass is 32.2. The van der Waals surface area contributed by atoms with E-state index in [9.17, 15) is 8.42 Å². The van der Waals surface area contributed by atoms with Gasteiger partial charge < -0.3 is 5.32 Å². The average molecular weight is 270 g/mol. The van der Waals surface area contributed by atoms with Crippen molar-refractivity contribution in [3.8, 4) is 0 Å². The van der Waals surface area contributed by atoms with Gasteiger partial charge in [0.15, 0.2) is 0 Å². The van der Waals surface area contributed by atoms with Crippen molar-refractivity contribution in [2.24, 2.45) is 0 Å². The van der Waals surface area contributed by atoms with Gasteiger partial charge in [0.2, 0.25) is 10.0 Å². The summed E-state index contributed by atoms with van der Waals surface area (Å²) in [7, 11) is -3.26. The lowest BCUT2D eigenvalue weighted by molar-refractivity contribution is 0.595. The van der Waals surface area contributed by atoms with E-state index in [-0.39, 0.29) is 5.75 Å². The number of sulfonamides is 1. The summed E-state index contributed by atoms with van der Waals surface area (Å²) >= 11 is 0. The summed E-state index contributed by atoms with van der Waals surface area (Å²) in [6.45, 7) is 5.39. The van der Waals surface area contributed by atoms with Gasteiger partial charge in [0.25, 0.3) is 0 Å². The number of nitrogens with one attached hydrogen (secondary N) is 2. The summed E-state index contributed by atoms with van der Waals surface area (Å²) in [5.41, 5.74) is 1.71. The minimum atomic E-state index is -3.26. The molecule has 0 aromatic heterocycles. The van der Waals surface area contributed by atoms with Gasteiger partial charge in [0.05, 0.1) is 11.4 Å². The van der Waals surface area contributed by atoms with Crippen molar-refractivity contribution in [3.63, 3.8) is 0 Å². The zero-order chi connectivity index (χ0) is 13.4. The van der Waals surface area contributed by atoms with Crippen molar-refractivity contribution >= 4 is 15.7 Å². The monoisotopic (exact) mass is 270 g/mol. The molecule has 0 saturated carbocycles. The van der Waals surface area contributed by atoms with Crippen LogP contribution in [0.15, 0.2) is 24.3 Å². The standard InChI is InChI=1S/C13H22N2O2S/c1-3-9-14-10-11-18(16,17)15-13-8-6-5-7-12(13)4-2/h5-8,14-15H,3-4,9-11H2,1-2H3. The fraction of sp³-hybridized carbons (Fsp3) is 0.538. The SMILES string of the molecule is CCCNCCS(=O)(=O)Nc1ccccc1CC. The molecule has 0 heterocycles. The van der Waals surface area contributed by atoms with E-state index < -0.39 is 10.0 Å². The molecule has 5 heteroatoms. The molecule has 0 aliphatic rings. The molecule has 1 rings (SSSR count). The van der Waals surface area contributed by atoms with Gasteiger partial charge in [0, 0.05) is 6.54 Å². The molecule has 1 aromatic rings. The Labute approximate surface area is 110 Å². The summed E-state index contributed by atoms with van der Waals surface area (Å²) in [5, 5.41) is 3.09. The van der Waals surface area contributed by atoms with Gasteiger partial charge in [-0.2, -0.15) is 0 Å². The molecule has 2 N–H and O–H groups in total. The molecular formula is C13H22N2O2S. The van der Waals surface area contributed by atoms with E-state index in [1.54, 1.807) is 6.07 Å². The molecule has 0 fully saturated rings. The van der Waals surface area contributed by atoms with Gasteiger partial charge >= 0.3 is 0 Å². The first-order chi connectivity index (χ1) is 8.59. The molecule has 0 spiro atoms. The lowest BCUT2D eigenvalue weighted by Gasteiger charge is -2.11. The normalized spacial score (nSPS) is 11.4. The largest absolute Gasteiger partial charge is 0.316 e. The number of aryl methyl sites for hydroxylation is 1. The van der Waals surface area contributed by atoms with Crippen molar-refractivity contribution < 1.29 is 8.42 Å². The molecule has 0 aliphatic carbocycles. The Morgan fingerprint density at radius 2 is 1.83 bits per heavy atom. The number of hydrogen-bond donors (Lipinski definition) is 2. The van der Waals surface area contributed by atoms with Crippen LogP contribution in [0.1, 0.15) is 25.8 Å². The van der Waals surface area contributed by atoms with Crippen LogP contribution in [0.4, 0.5) is 5.69 Å². The van der Waals surface area contributed by atoms with Crippen LogP contribution in [0, 0.1) is 0 Å². The predicted octanol–water partition coefficient (Wildman–Crippen LogP) is 1.99. The Kier molecular flexibility index (Phi) is 6.15. The highest BCUT2D eigenvalue weighted by Gasteiger charge is 2.11. The van der Waals surface area contributed by atoms with Crippen LogP contribution in [-0.4, -0.2) is 27.3 Å². The van der Waals surface area contributed by atoms with Crippen LogP contribution in [0.3, 0.4) is 0 Å². The van der Waals surface area contributed by atoms with Gasteiger partial charge in [-0.05, 0) is 31.0 Å². The van der Waals surface area contributed by atoms with Crippen molar-refractivity contribution in [2.45, 2.75) is 26.7 Å². The maximum absolute atomic E-state index is 11.9. The van der Waals surface area contributed by atoms with E-state index in [1.165, 1.54) is 0 Å². The second-order valence-corrected chi connectivity index (χ2v) is 6.02. The van der Waals surface area contributed by atoms with Gasteiger partial charge in [-0.15, -0.1) is 0 Å². The predicted molar refractivity (Wildman–Crippen MR) is 76.4 cm³/mol. The molecule has 0 amide bonds. The smallest absolute Gasteiger partial charge is 0.233 e. The van der Waals surface area contributed by atoms with Crippen LogP contribution in [0.25, 0.3) is 0 Å². The summed E-state index contributed by atoms with van der Waals surface area (Å²) in [6, 6.07) is 7.49. The van der Waals surface area contributed by atoms with Gasteiger partial charge in [-0.1, -0.05) is 32.0 Å². The van der Waals surface area contributed by atoms with Crippen molar-refractivity contribution in [3.05, 3.63) is 29.8 Å². The minimum absolute atomic E-state index is 0.102. The summed E-state index contributed by atoms with van der Waals surface area (Å²) in [4.78, 5) is 0. The third-order valence-electron chi connectivity index (χ3n) is 2.64. The maximum Gasteiger partial charge on any atom is 0.233 e. The van der Waals surface area contributed by atoms with E-state index in [0.29, 0.717) is 12.2 Å². The van der Waals surface area contributed by atoms with E-state index in [1.807, 2.05) is 25.1 Å². The molecule has 0 unspecified atom stereocenters. The van der Waals surface area contributed by atoms with E-state index >= 15 is 0 Å². The van der Waals surface area contributed by atoms with Crippen LogP contribution >= 0.6 is 0 Å². The third-order valence-corrected chi connectivity index (χ3v) is 3.91. The maximum atomic E-state index is 11.9. The molecule has 18 heavy (non-hydrogen) atoms.